The highest BCUT2D eigenvalue weighted by Gasteiger charge is 2.47. The molecule has 0 saturated heterocycles. The molecule has 68 heavy (non-hydrogen) atoms. The average Bonchev–Trinajstić information content (AvgIpc) is 4.07. The summed E-state index contributed by atoms with van der Waals surface area (Å²) >= 11 is 3.21. The van der Waals surface area contributed by atoms with Crippen molar-refractivity contribution in [2.75, 3.05) is 33.0 Å². The number of carbonyl (C=O) groups is 4. The maximum Gasteiger partial charge on any atom is 0.246 e. The summed E-state index contributed by atoms with van der Waals surface area (Å²) in [4.78, 5) is 65.6. The first kappa shape index (κ1) is 50.2. The topological polar surface area (TPSA) is 219 Å². The van der Waals surface area contributed by atoms with Crippen LogP contribution in [0.3, 0.4) is 0 Å². The number of nitrogens with one attached hydrogen (secondary N) is 3. The zero-order valence-corrected chi connectivity index (χ0v) is 41.4. The highest BCUT2D eigenvalue weighted by Crippen LogP contribution is 2.40. The lowest BCUT2D eigenvalue weighted by Gasteiger charge is -2.33. The average molecular weight is 967 g/mol. The summed E-state index contributed by atoms with van der Waals surface area (Å²) in [5.41, 5.74) is 7.70. The Morgan fingerprint density at radius 2 is 1.56 bits per heavy atom. The quantitative estimate of drug-likeness (QED) is 0.0537. The number of thiophene rings is 1. The van der Waals surface area contributed by atoms with Gasteiger partial charge in [-0.3, -0.25) is 28.7 Å². The number of rotatable bonds is 20. The van der Waals surface area contributed by atoms with Gasteiger partial charge in [0.1, 0.15) is 29.2 Å². The monoisotopic (exact) mass is 966 g/mol. The number of ether oxygens (including phenoxy) is 2. The number of aliphatic hydroxyl groups is 1. The van der Waals surface area contributed by atoms with Crippen LogP contribution in [0.5, 0.6) is 5.75 Å². The van der Waals surface area contributed by atoms with Gasteiger partial charge < -0.3 is 35.6 Å². The largest absolute Gasteiger partial charge is 0.508 e. The minimum absolute atomic E-state index is 0.0656. The SMILES string of the molecule is Cc1ncsc1-c1ccc(CNC(=O)[C@@H]2CC(O)CC2C(=O)[C@@H](NC(=O)COCCCOCCCNC(=O)CC2N=C(c3ccc(O)cc3)c3c(sc(C)c3C)-n3c(C)nnc32)C(C)(C)C)cc1. The minimum Gasteiger partial charge on any atom is -0.508 e. The Morgan fingerprint density at radius 1 is 0.868 bits per heavy atom. The molecule has 2 aliphatic rings. The Hall–Kier alpha value is -5.66. The number of thiazole rings is 1. The van der Waals surface area contributed by atoms with Gasteiger partial charge in [0.15, 0.2) is 11.6 Å². The molecule has 362 valence electrons. The summed E-state index contributed by atoms with van der Waals surface area (Å²) in [6, 6.07) is 13.3. The van der Waals surface area contributed by atoms with Crippen molar-refractivity contribution in [2.45, 2.75) is 105 Å². The number of hydrogen-bond acceptors (Lipinski definition) is 14. The predicted molar refractivity (Wildman–Crippen MR) is 261 cm³/mol. The van der Waals surface area contributed by atoms with Gasteiger partial charge >= 0.3 is 0 Å². The van der Waals surface area contributed by atoms with E-state index in [9.17, 15) is 29.4 Å². The van der Waals surface area contributed by atoms with E-state index >= 15 is 0 Å². The molecule has 0 radical (unpaired) electrons. The summed E-state index contributed by atoms with van der Waals surface area (Å²) in [5, 5.41) is 39.2. The van der Waals surface area contributed by atoms with E-state index in [1.54, 1.807) is 34.8 Å². The fourth-order valence-electron chi connectivity index (χ4n) is 8.74. The summed E-state index contributed by atoms with van der Waals surface area (Å²) in [7, 11) is 0. The second-order valence-electron chi connectivity index (χ2n) is 18.7. The number of aromatic hydroxyl groups is 1. The van der Waals surface area contributed by atoms with E-state index in [0.717, 1.165) is 54.0 Å². The van der Waals surface area contributed by atoms with Crippen LogP contribution in [-0.4, -0.2) is 104 Å². The summed E-state index contributed by atoms with van der Waals surface area (Å²) in [6.07, 6.45) is 0.681. The third-order valence-corrected chi connectivity index (χ3v) is 14.7. The third kappa shape index (κ3) is 12.0. The number of ketones is 1. The van der Waals surface area contributed by atoms with E-state index in [1.165, 1.54) is 0 Å². The van der Waals surface area contributed by atoms with E-state index in [0.29, 0.717) is 44.2 Å². The number of hydrogen-bond donors (Lipinski definition) is 5. The van der Waals surface area contributed by atoms with Crippen molar-refractivity contribution in [3.05, 3.63) is 98.5 Å². The maximum atomic E-state index is 14.1. The molecule has 5 N–H and O–H groups in total. The number of aromatic nitrogens is 4. The van der Waals surface area contributed by atoms with Gasteiger partial charge in [-0.25, -0.2) is 4.98 Å². The molecule has 3 amide bonds. The van der Waals surface area contributed by atoms with E-state index in [1.807, 2.05) is 81.1 Å². The zero-order chi connectivity index (χ0) is 48.7. The molecular weight excluding hydrogens is 905 g/mol. The first-order chi connectivity index (χ1) is 32.5. The van der Waals surface area contributed by atoms with Crippen molar-refractivity contribution in [1.82, 2.24) is 35.7 Å². The number of amides is 3. The van der Waals surface area contributed by atoms with Gasteiger partial charge in [0.2, 0.25) is 17.7 Å². The van der Waals surface area contributed by atoms with Crippen LogP contribution < -0.4 is 16.0 Å². The Kier molecular flexibility index (Phi) is 16.4. The maximum absolute atomic E-state index is 14.1. The lowest BCUT2D eigenvalue weighted by molar-refractivity contribution is -0.138. The van der Waals surface area contributed by atoms with Gasteiger partial charge in [0, 0.05) is 54.8 Å². The van der Waals surface area contributed by atoms with Gasteiger partial charge in [0.05, 0.1) is 46.3 Å². The smallest absolute Gasteiger partial charge is 0.246 e. The van der Waals surface area contributed by atoms with Crippen molar-refractivity contribution in [3.63, 3.8) is 0 Å². The molecule has 3 unspecified atom stereocenters. The molecule has 1 aliphatic carbocycles. The van der Waals surface area contributed by atoms with E-state index in [4.69, 9.17) is 14.5 Å². The van der Waals surface area contributed by atoms with Crippen molar-refractivity contribution in [2.24, 2.45) is 22.2 Å². The number of carbonyl (C=O) groups excluding carboxylic acids is 4. The molecule has 4 heterocycles. The van der Waals surface area contributed by atoms with Gasteiger partial charge in [-0.2, -0.15) is 0 Å². The molecule has 2 aromatic carbocycles. The minimum atomic E-state index is -0.897. The summed E-state index contributed by atoms with van der Waals surface area (Å²) < 4.78 is 13.4. The summed E-state index contributed by atoms with van der Waals surface area (Å²) in [5.74, 6) is -1.24. The molecule has 1 saturated carbocycles. The van der Waals surface area contributed by atoms with Gasteiger partial charge in [-0.1, -0.05) is 45.0 Å². The molecule has 0 bridgehead atoms. The molecule has 1 aliphatic heterocycles. The highest BCUT2D eigenvalue weighted by molar-refractivity contribution is 7.15. The van der Waals surface area contributed by atoms with E-state index in [-0.39, 0.29) is 62.4 Å². The molecular formula is C50H62N8O8S2. The molecule has 0 spiro atoms. The number of aryl methyl sites for hydroxylation is 3. The van der Waals surface area contributed by atoms with Crippen LogP contribution in [-0.2, 0) is 35.2 Å². The molecule has 1 fully saturated rings. The Morgan fingerprint density at radius 3 is 2.26 bits per heavy atom. The Balaban J connectivity index is 0.814. The van der Waals surface area contributed by atoms with Gasteiger partial charge in [-0.15, -0.1) is 32.9 Å². The second-order valence-corrected chi connectivity index (χ2v) is 20.7. The molecule has 3 aromatic heterocycles. The fourth-order valence-corrected chi connectivity index (χ4v) is 10.8. The van der Waals surface area contributed by atoms with Crippen molar-refractivity contribution in [3.8, 4) is 21.2 Å². The first-order valence-electron chi connectivity index (χ1n) is 23.1. The van der Waals surface area contributed by atoms with Crippen LogP contribution in [0.1, 0.15) is 103 Å². The highest BCUT2D eigenvalue weighted by atomic mass is 32.1. The van der Waals surface area contributed by atoms with E-state index < -0.39 is 41.3 Å². The number of benzene rings is 2. The zero-order valence-electron chi connectivity index (χ0n) is 39.8. The number of aliphatic hydroxyl groups excluding tert-OH is 1. The van der Waals surface area contributed by atoms with Gasteiger partial charge in [-0.05, 0) is 99.7 Å². The number of aliphatic imine (C=N–C) groups is 1. The molecule has 16 nitrogen and oxygen atoms in total. The number of nitrogens with zero attached hydrogens (tertiary/aromatic N) is 5. The fraction of sp³-hybridized carbons (Fsp3) is 0.480. The van der Waals surface area contributed by atoms with Crippen LogP contribution in [0.25, 0.3) is 15.4 Å². The van der Waals surface area contributed by atoms with Crippen LogP contribution in [0.4, 0.5) is 0 Å². The second kappa shape index (κ2) is 22.2. The van der Waals surface area contributed by atoms with E-state index in [2.05, 4.69) is 45.0 Å². The molecule has 5 atom stereocenters. The first-order valence-corrected chi connectivity index (χ1v) is 24.8. The normalized spacial score (nSPS) is 18.3. The number of phenolic OH excluding ortho intramolecular Hbond substituents is 1. The Bertz CT molecular complexity index is 2610. The van der Waals surface area contributed by atoms with Gasteiger partial charge in [0.25, 0.3) is 0 Å². The van der Waals surface area contributed by atoms with Crippen LogP contribution in [0.15, 0.2) is 59.0 Å². The standard InChI is InChI=1S/C50H62N8O8S2/c1-28-30(3)68-49-42(28)43(33-14-16-35(59)17-15-33)54-39(47-57-56-31(4)58(47)49)24-40(61)51-18-8-19-65-20-9-21-66-26-41(62)55-46(50(5,6)7)44(63)37-22-36(60)23-38(37)48(64)52-25-32-10-12-34(13-11-32)45-29(2)53-27-67-45/h10-17,27,36-39,46,59-60H,8-9,18-26H2,1-7H3,(H,51,61)(H,52,64)(H,55,62)/t36?,37?,38-,39?,46-/m1/s1. The number of Topliss-reactive ketones (excluding diaryl/α,β-unsaturated/α-hetero) is 1. The van der Waals surface area contributed by atoms with Crippen LogP contribution in [0.2, 0.25) is 0 Å². The lowest BCUT2D eigenvalue weighted by atomic mass is 9.77. The molecule has 5 aromatic rings. The van der Waals surface area contributed by atoms with Crippen molar-refractivity contribution in [1.29, 1.82) is 0 Å². The predicted octanol–water partition coefficient (Wildman–Crippen LogP) is 6.41. The van der Waals surface area contributed by atoms with Crippen molar-refractivity contribution < 1.29 is 38.9 Å². The van der Waals surface area contributed by atoms with Crippen molar-refractivity contribution >= 4 is 51.9 Å². The lowest BCUT2D eigenvalue weighted by Crippen LogP contribution is -2.53. The Labute approximate surface area is 405 Å². The molecule has 18 heteroatoms. The number of phenols is 1. The van der Waals surface area contributed by atoms with Crippen LogP contribution >= 0.6 is 22.7 Å². The van der Waals surface area contributed by atoms with Crippen LogP contribution in [0, 0.1) is 44.9 Å². The number of fused-ring (bicyclic) bond motifs is 3. The molecule has 7 rings (SSSR count). The third-order valence-electron chi connectivity index (χ3n) is 12.5. The summed E-state index contributed by atoms with van der Waals surface area (Å²) in [6.45, 7) is 15.0.